The van der Waals surface area contributed by atoms with Crippen LogP contribution in [0.1, 0.15) is 0 Å². The lowest BCUT2D eigenvalue weighted by Gasteiger charge is -2.09. The van der Waals surface area contributed by atoms with Crippen LogP contribution in [-0.2, 0) is 0 Å². The van der Waals surface area contributed by atoms with Gasteiger partial charge in [-0.15, -0.1) is 0 Å². The van der Waals surface area contributed by atoms with Gasteiger partial charge in [0.2, 0.25) is 0 Å². The average molecular weight is 333 g/mol. The fraction of sp³-hybridized carbons (Fsp3) is 0. The summed E-state index contributed by atoms with van der Waals surface area (Å²) in [5.41, 5.74) is 8.22. The van der Waals surface area contributed by atoms with Gasteiger partial charge in [0.05, 0.1) is 17.6 Å². The van der Waals surface area contributed by atoms with Crippen LogP contribution >= 0.6 is 15.9 Å². The standard InChI is InChI=1S/C14H10BrFN4/c15-12-8-18-14(17)7-11(12)13-5-6-19-20(13)10-3-1-9(16)2-4-10/h1-8H,(H2,17,18). The van der Waals surface area contributed by atoms with Crippen LogP contribution < -0.4 is 5.73 Å². The van der Waals surface area contributed by atoms with Gasteiger partial charge in [0.25, 0.3) is 0 Å². The number of nitrogens with two attached hydrogens (primary N) is 1. The molecule has 100 valence electrons. The Kier molecular flexibility index (Phi) is 3.23. The van der Waals surface area contributed by atoms with Crippen molar-refractivity contribution < 1.29 is 4.39 Å². The van der Waals surface area contributed by atoms with Gasteiger partial charge in [0.1, 0.15) is 11.6 Å². The molecule has 4 nitrogen and oxygen atoms in total. The number of benzene rings is 1. The van der Waals surface area contributed by atoms with Crippen LogP contribution in [0.4, 0.5) is 10.2 Å². The first-order chi connectivity index (χ1) is 9.65. The van der Waals surface area contributed by atoms with Gasteiger partial charge in [0, 0.05) is 16.2 Å². The van der Waals surface area contributed by atoms with Gasteiger partial charge in [-0.25, -0.2) is 14.1 Å². The summed E-state index contributed by atoms with van der Waals surface area (Å²) in [6.07, 6.45) is 3.33. The van der Waals surface area contributed by atoms with E-state index in [1.165, 1.54) is 12.1 Å². The van der Waals surface area contributed by atoms with E-state index in [4.69, 9.17) is 5.73 Å². The molecule has 3 rings (SSSR count). The highest BCUT2D eigenvalue weighted by Crippen LogP contribution is 2.30. The smallest absolute Gasteiger partial charge is 0.124 e. The molecule has 0 atom stereocenters. The van der Waals surface area contributed by atoms with E-state index in [0.717, 1.165) is 21.4 Å². The number of hydrogen-bond donors (Lipinski definition) is 1. The molecule has 0 saturated carbocycles. The summed E-state index contributed by atoms with van der Waals surface area (Å²) in [5, 5.41) is 4.28. The van der Waals surface area contributed by atoms with E-state index in [1.807, 2.05) is 6.07 Å². The van der Waals surface area contributed by atoms with E-state index >= 15 is 0 Å². The third kappa shape index (κ3) is 2.30. The van der Waals surface area contributed by atoms with Gasteiger partial charge in [-0.1, -0.05) is 0 Å². The Bertz CT molecular complexity index is 752. The summed E-state index contributed by atoms with van der Waals surface area (Å²) in [7, 11) is 0. The third-order valence-corrected chi connectivity index (χ3v) is 3.50. The largest absolute Gasteiger partial charge is 0.384 e. The zero-order valence-electron chi connectivity index (χ0n) is 10.3. The van der Waals surface area contributed by atoms with E-state index in [-0.39, 0.29) is 5.82 Å². The molecule has 2 N–H and O–H groups in total. The van der Waals surface area contributed by atoms with Crippen molar-refractivity contribution in [2.75, 3.05) is 5.73 Å². The molecule has 2 heterocycles. The van der Waals surface area contributed by atoms with E-state index in [0.29, 0.717) is 5.82 Å². The molecule has 0 fully saturated rings. The molecule has 0 bridgehead atoms. The third-order valence-electron chi connectivity index (χ3n) is 2.87. The molecule has 1 aromatic carbocycles. The molecule has 0 aliphatic rings. The second-order valence-corrected chi connectivity index (χ2v) is 5.05. The molecule has 0 aliphatic heterocycles. The van der Waals surface area contributed by atoms with Crippen LogP contribution in [0, 0.1) is 5.82 Å². The van der Waals surface area contributed by atoms with Crippen molar-refractivity contribution in [3.05, 3.63) is 59.1 Å². The topological polar surface area (TPSA) is 56.7 Å². The van der Waals surface area contributed by atoms with Crippen molar-refractivity contribution >= 4 is 21.7 Å². The molecule has 20 heavy (non-hydrogen) atoms. The number of anilines is 1. The Morgan fingerprint density at radius 2 is 1.90 bits per heavy atom. The van der Waals surface area contributed by atoms with Gasteiger partial charge in [-0.2, -0.15) is 5.10 Å². The fourth-order valence-corrected chi connectivity index (χ4v) is 2.37. The molecular formula is C14H10BrFN4. The van der Waals surface area contributed by atoms with Crippen molar-refractivity contribution in [1.82, 2.24) is 14.8 Å². The number of pyridine rings is 1. The highest BCUT2D eigenvalue weighted by atomic mass is 79.9. The van der Waals surface area contributed by atoms with E-state index in [9.17, 15) is 4.39 Å². The second kappa shape index (κ2) is 5.05. The number of halogens is 2. The maximum Gasteiger partial charge on any atom is 0.124 e. The lowest BCUT2D eigenvalue weighted by atomic mass is 10.2. The van der Waals surface area contributed by atoms with Crippen LogP contribution in [0.2, 0.25) is 0 Å². The van der Waals surface area contributed by atoms with E-state index in [2.05, 4.69) is 26.0 Å². The maximum atomic E-state index is 13.0. The fourth-order valence-electron chi connectivity index (χ4n) is 1.95. The molecule has 0 radical (unpaired) electrons. The molecule has 0 spiro atoms. The van der Waals surface area contributed by atoms with Crippen LogP contribution in [0.3, 0.4) is 0 Å². The summed E-state index contributed by atoms with van der Waals surface area (Å²) in [6.45, 7) is 0. The summed E-state index contributed by atoms with van der Waals surface area (Å²) >= 11 is 3.45. The predicted octanol–water partition coefficient (Wildman–Crippen LogP) is 3.42. The normalized spacial score (nSPS) is 10.7. The van der Waals surface area contributed by atoms with E-state index < -0.39 is 0 Å². The lowest BCUT2D eigenvalue weighted by molar-refractivity contribution is 0.627. The minimum absolute atomic E-state index is 0.281. The number of nitrogens with zero attached hydrogens (tertiary/aromatic N) is 3. The Morgan fingerprint density at radius 3 is 2.65 bits per heavy atom. The highest BCUT2D eigenvalue weighted by molar-refractivity contribution is 9.10. The molecule has 2 aromatic heterocycles. The molecule has 0 aliphatic carbocycles. The minimum atomic E-state index is -0.281. The summed E-state index contributed by atoms with van der Waals surface area (Å²) < 4.78 is 15.5. The van der Waals surface area contributed by atoms with Gasteiger partial charge in [0.15, 0.2) is 0 Å². The van der Waals surface area contributed by atoms with Crippen molar-refractivity contribution in [3.63, 3.8) is 0 Å². The molecule has 0 unspecified atom stereocenters. The zero-order valence-corrected chi connectivity index (χ0v) is 11.9. The lowest BCUT2D eigenvalue weighted by Crippen LogP contribution is -2.00. The molecular weight excluding hydrogens is 323 g/mol. The predicted molar refractivity (Wildman–Crippen MR) is 78.9 cm³/mol. The van der Waals surface area contributed by atoms with Crippen molar-refractivity contribution in [1.29, 1.82) is 0 Å². The molecule has 3 aromatic rings. The monoisotopic (exact) mass is 332 g/mol. The summed E-state index contributed by atoms with van der Waals surface area (Å²) in [4.78, 5) is 4.01. The Labute approximate surface area is 123 Å². The quantitative estimate of drug-likeness (QED) is 0.782. The zero-order chi connectivity index (χ0) is 14.1. The molecule has 0 saturated heterocycles. The number of nitrogen functional groups attached to an aromatic ring is 1. The van der Waals surface area contributed by atoms with Crippen LogP contribution in [0.25, 0.3) is 16.9 Å². The minimum Gasteiger partial charge on any atom is -0.384 e. The first kappa shape index (κ1) is 12.8. The Balaban J connectivity index is 2.15. The van der Waals surface area contributed by atoms with Crippen LogP contribution in [0.15, 0.2) is 53.3 Å². The van der Waals surface area contributed by atoms with Crippen molar-refractivity contribution in [2.24, 2.45) is 0 Å². The SMILES string of the molecule is Nc1cc(-c2ccnn2-c2ccc(F)cc2)c(Br)cn1. The number of aromatic nitrogens is 3. The Morgan fingerprint density at radius 1 is 1.15 bits per heavy atom. The maximum absolute atomic E-state index is 13.0. The molecule has 6 heteroatoms. The number of rotatable bonds is 2. The first-order valence-corrected chi connectivity index (χ1v) is 6.66. The van der Waals surface area contributed by atoms with Crippen molar-refractivity contribution in [2.45, 2.75) is 0 Å². The first-order valence-electron chi connectivity index (χ1n) is 5.86. The summed E-state index contributed by atoms with van der Waals surface area (Å²) in [6, 6.07) is 9.77. The number of hydrogen-bond acceptors (Lipinski definition) is 3. The highest BCUT2D eigenvalue weighted by Gasteiger charge is 2.11. The van der Waals surface area contributed by atoms with Gasteiger partial charge in [-0.3, -0.25) is 0 Å². The van der Waals surface area contributed by atoms with E-state index in [1.54, 1.807) is 35.3 Å². The molecule has 0 amide bonds. The van der Waals surface area contributed by atoms with Crippen LogP contribution in [0.5, 0.6) is 0 Å². The average Bonchev–Trinajstić information content (AvgIpc) is 2.91. The van der Waals surface area contributed by atoms with Gasteiger partial charge >= 0.3 is 0 Å². The summed E-state index contributed by atoms with van der Waals surface area (Å²) in [5.74, 6) is 0.145. The van der Waals surface area contributed by atoms with Gasteiger partial charge < -0.3 is 5.73 Å². The van der Waals surface area contributed by atoms with Crippen LogP contribution in [-0.4, -0.2) is 14.8 Å². The second-order valence-electron chi connectivity index (χ2n) is 4.19. The Hall–Kier alpha value is -2.21. The van der Waals surface area contributed by atoms with Crippen molar-refractivity contribution in [3.8, 4) is 16.9 Å². The van der Waals surface area contributed by atoms with Gasteiger partial charge in [-0.05, 0) is 52.3 Å².